The zero-order valence-electron chi connectivity index (χ0n) is 11.9. The number of anilines is 2. The van der Waals surface area contributed by atoms with E-state index in [0.717, 1.165) is 11.4 Å². The summed E-state index contributed by atoms with van der Waals surface area (Å²) in [5.74, 6) is 2.28. The molecule has 0 spiro atoms. The number of hydrogen-bond acceptors (Lipinski definition) is 3. The van der Waals surface area contributed by atoms with Gasteiger partial charge < -0.3 is 15.5 Å². The maximum Gasteiger partial charge on any atom is 0.242 e. The van der Waals surface area contributed by atoms with E-state index in [9.17, 15) is 4.79 Å². The van der Waals surface area contributed by atoms with E-state index in [1.807, 2.05) is 37.2 Å². The first kappa shape index (κ1) is 14.9. The Balaban J connectivity index is 2.75. The number of carbonyl (C=O) groups excluding carboxylic acids is 1. The Labute approximate surface area is 115 Å². The molecule has 1 amide bonds. The molecule has 0 saturated carbocycles. The summed E-state index contributed by atoms with van der Waals surface area (Å²) in [6.07, 6.45) is 5.11. The highest BCUT2D eigenvalue weighted by Crippen LogP contribution is 2.22. The van der Waals surface area contributed by atoms with E-state index >= 15 is 0 Å². The van der Waals surface area contributed by atoms with E-state index in [2.05, 4.69) is 23.5 Å². The Hall–Kier alpha value is -2.15. The van der Waals surface area contributed by atoms with Crippen molar-refractivity contribution in [1.29, 1.82) is 0 Å². The van der Waals surface area contributed by atoms with Crippen molar-refractivity contribution in [3.8, 4) is 12.3 Å². The van der Waals surface area contributed by atoms with Gasteiger partial charge in [0, 0.05) is 25.5 Å². The van der Waals surface area contributed by atoms with E-state index in [1.54, 1.807) is 6.92 Å². The molecule has 2 N–H and O–H groups in total. The van der Waals surface area contributed by atoms with Crippen LogP contribution in [0.4, 0.5) is 11.4 Å². The first-order valence-electron chi connectivity index (χ1n) is 6.21. The minimum atomic E-state index is -0.328. The third-order valence-electron chi connectivity index (χ3n) is 2.83. The maximum absolute atomic E-state index is 11.7. The lowest BCUT2D eigenvalue weighted by Crippen LogP contribution is -2.37. The quantitative estimate of drug-likeness (QED) is 0.790. The fourth-order valence-corrected chi connectivity index (χ4v) is 1.79. The predicted molar refractivity (Wildman–Crippen MR) is 80.4 cm³/mol. The lowest BCUT2D eigenvalue weighted by molar-refractivity contribution is -0.121. The fraction of sp³-hybridized carbons (Fsp3) is 0.400. The zero-order valence-corrected chi connectivity index (χ0v) is 11.9. The van der Waals surface area contributed by atoms with Crippen LogP contribution in [0, 0.1) is 19.3 Å². The number of terminal acetylenes is 1. The summed E-state index contributed by atoms with van der Waals surface area (Å²) < 4.78 is 0. The van der Waals surface area contributed by atoms with Gasteiger partial charge in [-0.25, -0.2) is 0 Å². The summed E-state index contributed by atoms with van der Waals surface area (Å²) in [6.45, 7) is 4.12. The maximum atomic E-state index is 11.7. The van der Waals surface area contributed by atoms with E-state index in [0.29, 0.717) is 0 Å². The highest BCUT2D eigenvalue weighted by atomic mass is 16.2. The molecule has 0 aliphatic rings. The van der Waals surface area contributed by atoms with Gasteiger partial charge in [-0.2, -0.15) is 0 Å². The normalized spacial score (nSPS) is 11.3. The second-order valence-electron chi connectivity index (χ2n) is 4.68. The van der Waals surface area contributed by atoms with Gasteiger partial charge in [0.25, 0.3) is 0 Å². The molecule has 0 heterocycles. The molecule has 19 heavy (non-hydrogen) atoms. The smallest absolute Gasteiger partial charge is 0.242 e. The third kappa shape index (κ3) is 4.22. The van der Waals surface area contributed by atoms with E-state index < -0.39 is 0 Å². The van der Waals surface area contributed by atoms with Gasteiger partial charge in [0.05, 0.1) is 6.54 Å². The second-order valence-corrected chi connectivity index (χ2v) is 4.68. The van der Waals surface area contributed by atoms with Crippen LogP contribution in [0.15, 0.2) is 18.2 Å². The number of aryl methyl sites for hydroxylation is 1. The average Bonchev–Trinajstić information content (AvgIpc) is 2.37. The monoisotopic (exact) mass is 259 g/mol. The summed E-state index contributed by atoms with van der Waals surface area (Å²) in [7, 11) is 3.99. The van der Waals surface area contributed by atoms with Gasteiger partial charge >= 0.3 is 0 Å². The van der Waals surface area contributed by atoms with Crippen LogP contribution in [-0.4, -0.2) is 32.6 Å². The molecule has 0 radical (unpaired) electrons. The summed E-state index contributed by atoms with van der Waals surface area (Å²) in [4.78, 5) is 13.8. The Morgan fingerprint density at radius 3 is 2.74 bits per heavy atom. The molecule has 4 nitrogen and oxygen atoms in total. The molecule has 4 heteroatoms. The van der Waals surface area contributed by atoms with Crippen molar-refractivity contribution in [2.45, 2.75) is 19.9 Å². The van der Waals surface area contributed by atoms with Crippen LogP contribution in [0.2, 0.25) is 0 Å². The minimum Gasteiger partial charge on any atom is -0.377 e. The van der Waals surface area contributed by atoms with Crippen molar-refractivity contribution in [3.05, 3.63) is 23.8 Å². The van der Waals surface area contributed by atoms with Crippen LogP contribution < -0.4 is 15.5 Å². The summed E-state index contributed by atoms with van der Waals surface area (Å²) in [5, 5.41) is 5.82. The Kier molecular flexibility index (Phi) is 5.25. The predicted octanol–water partition coefficient (Wildman–Crippen LogP) is 1.61. The van der Waals surface area contributed by atoms with Crippen molar-refractivity contribution in [1.82, 2.24) is 5.32 Å². The molecule has 0 aliphatic carbocycles. The number of amides is 1. The van der Waals surface area contributed by atoms with Gasteiger partial charge in [-0.05, 0) is 31.5 Å². The molecular formula is C15H21N3O. The molecule has 0 aliphatic heterocycles. The van der Waals surface area contributed by atoms with Crippen LogP contribution in [0.25, 0.3) is 0 Å². The topological polar surface area (TPSA) is 44.4 Å². The Morgan fingerprint density at radius 1 is 1.47 bits per heavy atom. The molecule has 1 atom stereocenters. The standard InChI is InChI=1S/C15H21N3O/c1-6-9-16-15(19)12(3)17-13-8-7-11(2)14(10-13)18(4)5/h1,7-8,10,12,17H,9H2,2-5H3,(H,16,19). The van der Waals surface area contributed by atoms with Gasteiger partial charge in [-0.15, -0.1) is 6.42 Å². The number of nitrogens with zero attached hydrogens (tertiary/aromatic N) is 1. The average molecular weight is 259 g/mol. The minimum absolute atomic E-state index is 0.107. The lowest BCUT2D eigenvalue weighted by Gasteiger charge is -2.19. The number of nitrogens with one attached hydrogen (secondary N) is 2. The SMILES string of the molecule is C#CCNC(=O)C(C)Nc1ccc(C)c(N(C)C)c1. The van der Waals surface area contributed by atoms with Crippen LogP contribution in [0.3, 0.4) is 0 Å². The Morgan fingerprint density at radius 2 is 2.16 bits per heavy atom. The summed E-state index contributed by atoms with van der Waals surface area (Å²) in [6, 6.07) is 5.70. The molecule has 1 aromatic carbocycles. The highest BCUT2D eigenvalue weighted by Gasteiger charge is 2.12. The first-order valence-corrected chi connectivity index (χ1v) is 6.21. The van der Waals surface area contributed by atoms with Gasteiger partial charge in [0.15, 0.2) is 0 Å². The van der Waals surface area contributed by atoms with Crippen LogP contribution >= 0.6 is 0 Å². The molecule has 0 saturated heterocycles. The van der Waals surface area contributed by atoms with Crippen LogP contribution in [0.1, 0.15) is 12.5 Å². The first-order chi connectivity index (χ1) is 8.95. The van der Waals surface area contributed by atoms with Gasteiger partial charge in [-0.1, -0.05) is 12.0 Å². The van der Waals surface area contributed by atoms with E-state index in [-0.39, 0.29) is 18.5 Å². The largest absolute Gasteiger partial charge is 0.377 e. The van der Waals surface area contributed by atoms with E-state index in [4.69, 9.17) is 6.42 Å². The molecule has 0 aromatic heterocycles. The number of benzene rings is 1. The zero-order chi connectivity index (χ0) is 14.4. The molecule has 1 unspecified atom stereocenters. The molecule has 0 bridgehead atoms. The number of hydrogen-bond donors (Lipinski definition) is 2. The van der Waals surface area contributed by atoms with E-state index in [1.165, 1.54) is 5.56 Å². The van der Waals surface area contributed by atoms with Crippen molar-refractivity contribution in [2.75, 3.05) is 30.9 Å². The highest BCUT2D eigenvalue weighted by molar-refractivity contribution is 5.84. The lowest BCUT2D eigenvalue weighted by atomic mass is 10.1. The molecule has 1 rings (SSSR count). The molecular weight excluding hydrogens is 238 g/mol. The fourth-order valence-electron chi connectivity index (χ4n) is 1.79. The second kappa shape index (κ2) is 6.69. The van der Waals surface area contributed by atoms with Crippen LogP contribution in [0.5, 0.6) is 0 Å². The molecule has 0 fully saturated rings. The third-order valence-corrected chi connectivity index (χ3v) is 2.83. The Bertz CT molecular complexity index is 489. The summed E-state index contributed by atoms with van der Waals surface area (Å²) >= 11 is 0. The number of rotatable bonds is 5. The summed E-state index contributed by atoms with van der Waals surface area (Å²) in [5.41, 5.74) is 3.24. The number of carbonyl (C=O) groups is 1. The molecule has 1 aromatic rings. The molecule has 102 valence electrons. The van der Waals surface area contributed by atoms with Gasteiger partial charge in [0.2, 0.25) is 5.91 Å². The van der Waals surface area contributed by atoms with Crippen LogP contribution in [-0.2, 0) is 4.79 Å². The van der Waals surface area contributed by atoms with Crippen molar-refractivity contribution in [2.24, 2.45) is 0 Å². The van der Waals surface area contributed by atoms with Crippen molar-refractivity contribution >= 4 is 17.3 Å². The van der Waals surface area contributed by atoms with Gasteiger partial charge in [-0.3, -0.25) is 4.79 Å². The van der Waals surface area contributed by atoms with Crippen molar-refractivity contribution < 1.29 is 4.79 Å². The van der Waals surface area contributed by atoms with Crippen molar-refractivity contribution in [3.63, 3.8) is 0 Å². The van der Waals surface area contributed by atoms with Gasteiger partial charge in [0.1, 0.15) is 6.04 Å².